The number of rotatable bonds is 1. The van der Waals surface area contributed by atoms with Crippen LogP contribution in [0.1, 0.15) is 12.8 Å². The maximum absolute atomic E-state index is 6.26. The highest BCUT2D eigenvalue weighted by Crippen LogP contribution is 2.34. The zero-order valence-corrected chi connectivity index (χ0v) is 9.39. The Bertz CT molecular complexity index is 308. The molecule has 2 heterocycles. The Labute approximate surface area is 93.5 Å². The maximum Gasteiger partial charge on any atom is 0.195 e. The SMILES string of the molecule is NC1=CNC(N)=NC1(N)C1CCSCC1. The summed E-state index contributed by atoms with van der Waals surface area (Å²) in [7, 11) is 0. The molecule has 1 unspecified atom stereocenters. The third-order valence-electron chi connectivity index (χ3n) is 2.99. The van der Waals surface area contributed by atoms with Crippen LogP contribution in [0.3, 0.4) is 0 Å². The molecular formula is C9H17N5S. The fraction of sp³-hybridized carbons (Fsp3) is 0.667. The minimum absolute atomic E-state index is 0.302. The second-order valence-corrected chi connectivity index (χ2v) is 5.18. The first-order valence-electron chi connectivity index (χ1n) is 5.07. The van der Waals surface area contributed by atoms with Crippen LogP contribution in [0.2, 0.25) is 0 Å². The zero-order chi connectivity index (χ0) is 10.9. The molecule has 0 radical (unpaired) electrons. The lowest BCUT2D eigenvalue weighted by molar-refractivity contribution is 0.300. The van der Waals surface area contributed by atoms with Gasteiger partial charge < -0.3 is 22.5 Å². The molecule has 0 saturated carbocycles. The summed E-state index contributed by atoms with van der Waals surface area (Å²) in [6, 6.07) is 0. The minimum Gasteiger partial charge on any atom is -0.398 e. The van der Waals surface area contributed by atoms with E-state index in [-0.39, 0.29) is 0 Å². The summed E-state index contributed by atoms with van der Waals surface area (Å²) in [5.41, 5.74) is 17.6. The van der Waals surface area contributed by atoms with Crippen LogP contribution >= 0.6 is 11.8 Å². The lowest BCUT2D eigenvalue weighted by atomic mass is 9.85. The van der Waals surface area contributed by atoms with Crippen molar-refractivity contribution < 1.29 is 0 Å². The highest BCUT2D eigenvalue weighted by molar-refractivity contribution is 7.99. The number of nitrogens with zero attached hydrogens (tertiary/aromatic N) is 1. The standard InChI is InChI=1S/C9H17N5S/c10-7-5-13-8(11)14-9(7,12)6-1-3-15-4-2-6/h5-6H,1-4,10,12H2,(H3,11,13,14). The van der Waals surface area contributed by atoms with Crippen molar-refractivity contribution in [3.63, 3.8) is 0 Å². The molecule has 0 aromatic heterocycles. The fourth-order valence-corrected chi connectivity index (χ4v) is 3.13. The van der Waals surface area contributed by atoms with Crippen molar-refractivity contribution in [1.29, 1.82) is 0 Å². The Morgan fingerprint density at radius 2 is 2.07 bits per heavy atom. The molecule has 5 nitrogen and oxygen atoms in total. The molecule has 15 heavy (non-hydrogen) atoms. The fourth-order valence-electron chi connectivity index (χ4n) is 2.03. The van der Waals surface area contributed by atoms with Gasteiger partial charge in [0.2, 0.25) is 0 Å². The first-order valence-corrected chi connectivity index (χ1v) is 6.23. The van der Waals surface area contributed by atoms with Gasteiger partial charge in [0.15, 0.2) is 11.6 Å². The summed E-state index contributed by atoms with van der Waals surface area (Å²) in [6.07, 6.45) is 3.75. The smallest absolute Gasteiger partial charge is 0.195 e. The molecular weight excluding hydrogens is 210 g/mol. The van der Waals surface area contributed by atoms with Crippen molar-refractivity contribution in [3.05, 3.63) is 11.9 Å². The number of thioether (sulfide) groups is 1. The monoisotopic (exact) mass is 227 g/mol. The second-order valence-electron chi connectivity index (χ2n) is 3.95. The first-order chi connectivity index (χ1) is 7.13. The van der Waals surface area contributed by atoms with Gasteiger partial charge in [0, 0.05) is 12.1 Å². The topological polar surface area (TPSA) is 102 Å². The number of aliphatic imine (C=N–C) groups is 1. The summed E-state index contributed by atoms with van der Waals surface area (Å²) in [6.45, 7) is 0. The van der Waals surface area contributed by atoms with Crippen LogP contribution in [0.5, 0.6) is 0 Å². The van der Waals surface area contributed by atoms with Gasteiger partial charge >= 0.3 is 0 Å². The normalized spacial score (nSPS) is 32.9. The summed E-state index contributed by atoms with van der Waals surface area (Å²) >= 11 is 1.95. The van der Waals surface area contributed by atoms with Gasteiger partial charge in [-0.15, -0.1) is 0 Å². The third kappa shape index (κ3) is 1.91. The number of hydrogen-bond acceptors (Lipinski definition) is 6. The van der Waals surface area contributed by atoms with Gasteiger partial charge in [-0.05, 0) is 24.3 Å². The Morgan fingerprint density at radius 1 is 1.40 bits per heavy atom. The second kappa shape index (κ2) is 3.94. The molecule has 1 saturated heterocycles. The lowest BCUT2D eigenvalue weighted by Crippen LogP contribution is -2.55. The molecule has 2 aliphatic heterocycles. The summed E-state index contributed by atoms with van der Waals surface area (Å²) < 4.78 is 0. The van der Waals surface area contributed by atoms with Crippen LogP contribution in [0, 0.1) is 5.92 Å². The number of nitrogens with one attached hydrogen (secondary N) is 1. The van der Waals surface area contributed by atoms with Gasteiger partial charge in [-0.3, -0.25) is 0 Å². The average Bonchev–Trinajstić information content (AvgIpc) is 2.25. The largest absolute Gasteiger partial charge is 0.398 e. The van der Waals surface area contributed by atoms with Crippen molar-refractivity contribution in [2.45, 2.75) is 18.5 Å². The minimum atomic E-state index is -0.795. The molecule has 7 N–H and O–H groups in total. The van der Waals surface area contributed by atoms with E-state index in [1.54, 1.807) is 6.20 Å². The predicted molar refractivity (Wildman–Crippen MR) is 64.0 cm³/mol. The van der Waals surface area contributed by atoms with Crippen molar-refractivity contribution in [2.75, 3.05) is 11.5 Å². The van der Waals surface area contributed by atoms with E-state index < -0.39 is 5.66 Å². The van der Waals surface area contributed by atoms with E-state index in [4.69, 9.17) is 17.2 Å². The van der Waals surface area contributed by atoms with E-state index in [9.17, 15) is 0 Å². The van der Waals surface area contributed by atoms with E-state index in [1.165, 1.54) is 0 Å². The molecule has 6 heteroatoms. The maximum atomic E-state index is 6.26. The Kier molecular flexibility index (Phi) is 2.79. The molecule has 2 aliphatic rings. The van der Waals surface area contributed by atoms with Gasteiger partial charge in [-0.1, -0.05) is 0 Å². The summed E-state index contributed by atoms with van der Waals surface area (Å²) in [5, 5.41) is 2.78. The molecule has 84 valence electrons. The molecule has 1 atom stereocenters. The Morgan fingerprint density at radius 3 is 2.73 bits per heavy atom. The van der Waals surface area contributed by atoms with Crippen LogP contribution in [0.4, 0.5) is 0 Å². The Hall–Kier alpha value is -0.880. The molecule has 0 aliphatic carbocycles. The van der Waals surface area contributed by atoms with E-state index in [2.05, 4.69) is 10.3 Å². The highest BCUT2D eigenvalue weighted by atomic mass is 32.2. The first kappa shape index (κ1) is 10.6. The van der Waals surface area contributed by atoms with Gasteiger partial charge in [0.05, 0.1) is 5.70 Å². The van der Waals surface area contributed by atoms with Gasteiger partial charge in [0.1, 0.15) is 0 Å². The van der Waals surface area contributed by atoms with E-state index >= 15 is 0 Å². The summed E-state index contributed by atoms with van der Waals surface area (Å²) in [4.78, 5) is 4.28. The van der Waals surface area contributed by atoms with Crippen LogP contribution in [0.25, 0.3) is 0 Å². The van der Waals surface area contributed by atoms with Crippen LogP contribution in [-0.4, -0.2) is 23.1 Å². The quantitative estimate of drug-likeness (QED) is 0.484. The number of guanidine groups is 1. The molecule has 0 spiro atoms. The molecule has 0 amide bonds. The van der Waals surface area contributed by atoms with Gasteiger partial charge in [-0.2, -0.15) is 11.8 Å². The predicted octanol–water partition coefficient (Wildman–Crippen LogP) is -0.497. The van der Waals surface area contributed by atoms with Crippen molar-refractivity contribution >= 4 is 17.7 Å². The van der Waals surface area contributed by atoms with E-state index in [1.807, 2.05) is 11.8 Å². The van der Waals surface area contributed by atoms with Crippen LogP contribution in [0.15, 0.2) is 16.9 Å². The van der Waals surface area contributed by atoms with E-state index in [0.29, 0.717) is 17.6 Å². The van der Waals surface area contributed by atoms with Crippen LogP contribution < -0.4 is 22.5 Å². The third-order valence-corrected chi connectivity index (χ3v) is 4.04. The molecule has 0 aromatic rings. The van der Waals surface area contributed by atoms with E-state index in [0.717, 1.165) is 24.3 Å². The van der Waals surface area contributed by atoms with Gasteiger partial charge in [-0.25, -0.2) is 4.99 Å². The van der Waals surface area contributed by atoms with Crippen molar-refractivity contribution in [3.8, 4) is 0 Å². The van der Waals surface area contributed by atoms with Crippen molar-refractivity contribution in [1.82, 2.24) is 5.32 Å². The zero-order valence-electron chi connectivity index (χ0n) is 8.57. The average molecular weight is 227 g/mol. The molecule has 2 rings (SSSR count). The van der Waals surface area contributed by atoms with Crippen molar-refractivity contribution in [2.24, 2.45) is 28.1 Å². The lowest BCUT2D eigenvalue weighted by Gasteiger charge is -2.38. The summed E-state index contributed by atoms with van der Waals surface area (Å²) in [5.74, 6) is 2.90. The molecule has 0 bridgehead atoms. The number of nitrogens with two attached hydrogens (primary N) is 3. The molecule has 0 aromatic carbocycles. The number of hydrogen-bond donors (Lipinski definition) is 4. The van der Waals surface area contributed by atoms with Gasteiger partial charge in [0.25, 0.3) is 0 Å². The van der Waals surface area contributed by atoms with Crippen LogP contribution in [-0.2, 0) is 0 Å². The molecule has 1 fully saturated rings. The highest BCUT2D eigenvalue weighted by Gasteiger charge is 2.39. The Balaban J connectivity index is 2.22.